The van der Waals surface area contributed by atoms with Gasteiger partial charge in [0.2, 0.25) is 0 Å². The number of quaternary nitrogens is 1. The Hall–Kier alpha value is -0.580. The van der Waals surface area contributed by atoms with E-state index in [1.807, 2.05) is 19.1 Å². The molecule has 0 aliphatic carbocycles. The fraction of sp³-hybridized carbons (Fsp3) is 0.600. The Labute approximate surface area is 125 Å². The highest BCUT2D eigenvalue weighted by molar-refractivity contribution is 9.10. The number of nitrogens with one attached hydrogen (secondary N) is 1. The molecule has 0 amide bonds. The van der Waals surface area contributed by atoms with Crippen molar-refractivity contribution in [2.75, 3.05) is 39.5 Å². The van der Waals surface area contributed by atoms with Crippen LogP contribution >= 0.6 is 15.9 Å². The van der Waals surface area contributed by atoms with Gasteiger partial charge in [0.05, 0.1) is 26.3 Å². The zero-order valence-corrected chi connectivity index (χ0v) is 13.8. The summed E-state index contributed by atoms with van der Waals surface area (Å²) >= 11 is 3.44. The second kappa shape index (κ2) is 9.34. The van der Waals surface area contributed by atoms with E-state index >= 15 is 0 Å². The van der Waals surface area contributed by atoms with Crippen LogP contribution in [-0.4, -0.2) is 39.5 Å². The van der Waals surface area contributed by atoms with Crippen molar-refractivity contribution in [3.63, 3.8) is 0 Å². The number of ether oxygens (including phenoxy) is 2. The normalized spacial score (nSPS) is 11.0. The molecule has 1 N–H and O–H groups in total. The largest absolute Gasteiger partial charge is 0.491 e. The van der Waals surface area contributed by atoms with Crippen molar-refractivity contribution in [3.05, 3.63) is 28.2 Å². The fourth-order valence-corrected chi connectivity index (χ4v) is 2.38. The number of benzene rings is 1. The minimum absolute atomic E-state index is 0.607. The van der Waals surface area contributed by atoms with Crippen molar-refractivity contribution in [1.29, 1.82) is 0 Å². The molecule has 0 aliphatic rings. The monoisotopic (exact) mass is 330 g/mol. The summed E-state index contributed by atoms with van der Waals surface area (Å²) in [5, 5.41) is 0. The van der Waals surface area contributed by atoms with Crippen molar-refractivity contribution in [3.8, 4) is 5.75 Å². The molecule has 0 saturated heterocycles. The van der Waals surface area contributed by atoms with Crippen molar-refractivity contribution in [1.82, 2.24) is 0 Å². The maximum absolute atomic E-state index is 5.70. The van der Waals surface area contributed by atoms with Crippen LogP contribution in [0.25, 0.3) is 0 Å². The van der Waals surface area contributed by atoms with E-state index in [0.717, 1.165) is 42.0 Å². The van der Waals surface area contributed by atoms with Crippen LogP contribution in [0.5, 0.6) is 5.75 Å². The van der Waals surface area contributed by atoms with Gasteiger partial charge in [-0.15, -0.1) is 0 Å². The summed E-state index contributed by atoms with van der Waals surface area (Å²) in [5.74, 6) is 0.932. The zero-order valence-electron chi connectivity index (χ0n) is 12.2. The third kappa shape index (κ3) is 6.41. The van der Waals surface area contributed by atoms with Crippen LogP contribution in [0.2, 0.25) is 0 Å². The van der Waals surface area contributed by atoms with E-state index < -0.39 is 0 Å². The van der Waals surface area contributed by atoms with E-state index in [-0.39, 0.29) is 0 Å². The molecule has 0 saturated carbocycles. The van der Waals surface area contributed by atoms with Crippen LogP contribution in [0.1, 0.15) is 19.4 Å². The van der Waals surface area contributed by atoms with Crippen molar-refractivity contribution >= 4 is 15.9 Å². The SMILES string of the molecule is CC[NH+](CC)CCOCCOc1ccc(Br)cc1C. The standard InChI is InChI=1S/C15H24BrNO2/c1-4-17(5-2)8-9-18-10-11-19-15-7-6-14(16)12-13(15)3/h6-7,12H,4-5,8-11H2,1-3H3/p+1. The first-order chi connectivity index (χ1) is 9.17. The van der Waals surface area contributed by atoms with Gasteiger partial charge in [0.1, 0.15) is 18.9 Å². The summed E-state index contributed by atoms with van der Waals surface area (Å²) < 4.78 is 12.4. The fourth-order valence-electron chi connectivity index (χ4n) is 1.91. The first kappa shape index (κ1) is 16.5. The lowest BCUT2D eigenvalue weighted by Gasteiger charge is -2.15. The molecule has 4 heteroatoms. The summed E-state index contributed by atoms with van der Waals surface area (Å²) in [6, 6.07) is 6.03. The van der Waals surface area contributed by atoms with Crippen LogP contribution in [0.15, 0.2) is 22.7 Å². The Morgan fingerprint density at radius 3 is 2.47 bits per heavy atom. The number of rotatable bonds is 9. The highest BCUT2D eigenvalue weighted by Crippen LogP contribution is 2.21. The molecule has 1 rings (SSSR count). The maximum Gasteiger partial charge on any atom is 0.122 e. The molecular formula is C15H25BrNO2+. The van der Waals surface area contributed by atoms with Crippen LogP contribution in [0.3, 0.4) is 0 Å². The van der Waals surface area contributed by atoms with Gasteiger partial charge in [-0.2, -0.15) is 0 Å². The highest BCUT2D eigenvalue weighted by Gasteiger charge is 2.02. The van der Waals surface area contributed by atoms with Crippen LogP contribution < -0.4 is 9.64 Å². The van der Waals surface area contributed by atoms with Gasteiger partial charge in [0.25, 0.3) is 0 Å². The van der Waals surface area contributed by atoms with Gasteiger partial charge in [0, 0.05) is 4.47 Å². The second-order valence-electron chi connectivity index (χ2n) is 4.58. The molecule has 0 heterocycles. The third-order valence-electron chi connectivity index (χ3n) is 3.22. The van der Waals surface area contributed by atoms with E-state index in [9.17, 15) is 0 Å². The van der Waals surface area contributed by atoms with Crippen molar-refractivity contribution in [2.24, 2.45) is 0 Å². The number of hydrogen-bond acceptors (Lipinski definition) is 2. The molecule has 0 radical (unpaired) electrons. The number of aryl methyl sites for hydroxylation is 1. The van der Waals surface area contributed by atoms with Gasteiger partial charge in [-0.05, 0) is 44.5 Å². The number of halogens is 1. The Morgan fingerprint density at radius 1 is 1.11 bits per heavy atom. The molecule has 108 valence electrons. The number of likely N-dealkylation sites (N-methyl/N-ethyl adjacent to an activating group) is 1. The lowest BCUT2D eigenvalue weighted by Crippen LogP contribution is -3.11. The molecule has 0 unspecified atom stereocenters. The summed E-state index contributed by atoms with van der Waals surface area (Å²) in [7, 11) is 0. The second-order valence-corrected chi connectivity index (χ2v) is 5.49. The molecule has 1 aromatic rings. The van der Waals surface area contributed by atoms with Gasteiger partial charge in [0.15, 0.2) is 0 Å². The maximum atomic E-state index is 5.70. The lowest BCUT2D eigenvalue weighted by atomic mass is 10.2. The summed E-state index contributed by atoms with van der Waals surface area (Å²) in [5.41, 5.74) is 1.14. The molecule has 1 aromatic carbocycles. The average Bonchev–Trinajstić information content (AvgIpc) is 2.40. The summed E-state index contributed by atoms with van der Waals surface area (Å²) in [6.45, 7) is 11.9. The Kier molecular flexibility index (Phi) is 8.10. The molecule has 0 atom stereocenters. The van der Waals surface area contributed by atoms with Crippen LogP contribution in [-0.2, 0) is 4.74 Å². The molecule has 3 nitrogen and oxygen atoms in total. The van der Waals surface area contributed by atoms with E-state index in [2.05, 4.69) is 35.8 Å². The van der Waals surface area contributed by atoms with Gasteiger partial charge < -0.3 is 14.4 Å². The van der Waals surface area contributed by atoms with E-state index in [4.69, 9.17) is 9.47 Å². The minimum atomic E-state index is 0.607. The molecule has 0 aromatic heterocycles. The highest BCUT2D eigenvalue weighted by atomic mass is 79.9. The molecule has 0 fully saturated rings. The molecular weight excluding hydrogens is 306 g/mol. The smallest absolute Gasteiger partial charge is 0.122 e. The quantitative estimate of drug-likeness (QED) is 0.700. The summed E-state index contributed by atoms with van der Waals surface area (Å²) in [6.07, 6.45) is 0. The average molecular weight is 331 g/mol. The van der Waals surface area contributed by atoms with Gasteiger partial charge in [-0.3, -0.25) is 0 Å². The Bertz CT molecular complexity index is 367. The van der Waals surface area contributed by atoms with Crippen LogP contribution in [0.4, 0.5) is 0 Å². The predicted octanol–water partition coefficient (Wildman–Crippen LogP) is 2.08. The first-order valence-corrected chi connectivity index (χ1v) is 7.77. The zero-order chi connectivity index (χ0) is 14.1. The van der Waals surface area contributed by atoms with Crippen LogP contribution in [0, 0.1) is 6.92 Å². The lowest BCUT2D eigenvalue weighted by molar-refractivity contribution is -0.896. The van der Waals surface area contributed by atoms with Crippen molar-refractivity contribution < 1.29 is 14.4 Å². The van der Waals surface area contributed by atoms with E-state index in [1.165, 1.54) is 0 Å². The van der Waals surface area contributed by atoms with Gasteiger partial charge in [-0.25, -0.2) is 0 Å². The molecule has 19 heavy (non-hydrogen) atoms. The van der Waals surface area contributed by atoms with Gasteiger partial charge in [-0.1, -0.05) is 15.9 Å². The molecule has 0 spiro atoms. The number of hydrogen-bond donors (Lipinski definition) is 1. The topological polar surface area (TPSA) is 22.9 Å². The first-order valence-electron chi connectivity index (χ1n) is 6.97. The molecule has 0 bridgehead atoms. The van der Waals surface area contributed by atoms with Crippen molar-refractivity contribution in [2.45, 2.75) is 20.8 Å². The van der Waals surface area contributed by atoms with E-state index in [0.29, 0.717) is 13.2 Å². The minimum Gasteiger partial charge on any atom is -0.491 e. The third-order valence-corrected chi connectivity index (χ3v) is 3.72. The molecule has 0 aliphatic heterocycles. The Morgan fingerprint density at radius 2 is 1.84 bits per heavy atom. The Balaban J connectivity index is 2.14. The van der Waals surface area contributed by atoms with E-state index in [1.54, 1.807) is 4.90 Å². The van der Waals surface area contributed by atoms with Gasteiger partial charge >= 0.3 is 0 Å². The summed E-state index contributed by atoms with van der Waals surface area (Å²) in [4.78, 5) is 1.57. The predicted molar refractivity (Wildman–Crippen MR) is 82.1 cm³/mol.